The standard InChI is InChI=1S/C51H100N2O7/c1-4-7-10-13-16-19-22-24-27-30-33-36-47-59-50(56)39-42-52(41-38-49(55)58-46-35-32-29-26-21-18-15-12-9-6-3)53(44-45-54)43-40-51(57)60-48-37-34-31-28-25-23-20-17-14-11-8-5-2/h54H,4-48H2,1-3H3. The maximum absolute atomic E-state index is 12.8. The minimum atomic E-state index is -0.267. The Morgan fingerprint density at radius 3 is 0.733 bits per heavy atom. The Morgan fingerprint density at radius 1 is 0.317 bits per heavy atom. The molecule has 0 atom stereocenters. The van der Waals surface area contributed by atoms with E-state index in [1.54, 1.807) is 0 Å². The fourth-order valence-corrected chi connectivity index (χ4v) is 7.82. The van der Waals surface area contributed by atoms with Gasteiger partial charge in [-0.15, -0.1) is 0 Å². The summed E-state index contributed by atoms with van der Waals surface area (Å²) in [5.74, 6) is -0.799. The Bertz CT molecular complexity index is 920. The third-order valence-corrected chi connectivity index (χ3v) is 11.8. The average molecular weight is 853 g/mol. The maximum Gasteiger partial charge on any atom is 0.307 e. The van der Waals surface area contributed by atoms with Crippen LogP contribution in [0.3, 0.4) is 0 Å². The van der Waals surface area contributed by atoms with Crippen molar-refractivity contribution in [3.63, 3.8) is 0 Å². The highest BCUT2D eigenvalue weighted by Gasteiger charge is 2.20. The molecule has 0 amide bonds. The highest BCUT2D eigenvalue weighted by atomic mass is 16.5. The Balaban J connectivity index is 4.64. The van der Waals surface area contributed by atoms with Gasteiger partial charge in [-0.3, -0.25) is 14.4 Å². The zero-order valence-corrected chi connectivity index (χ0v) is 40.1. The number of hydrogen-bond acceptors (Lipinski definition) is 9. The Hall–Kier alpha value is -1.71. The van der Waals surface area contributed by atoms with Gasteiger partial charge in [-0.1, -0.05) is 220 Å². The zero-order chi connectivity index (χ0) is 43.8. The molecule has 0 aromatic heterocycles. The molecule has 1 N–H and O–H groups in total. The second-order valence-corrected chi connectivity index (χ2v) is 17.5. The summed E-state index contributed by atoms with van der Waals surface area (Å²) in [5.41, 5.74) is 0. The molecule has 0 spiro atoms. The minimum absolute atomic E-state index is 0.114. The second-order valence-electron chi connectivity index (χ2n) is 17.5. The number of nitrogens with zero attached hydrogens (tertiary/aromatic N) is 2. The molecule has 0 unspecified atom stereocenters. The first-order valence-electron chi connectivity index (χ1n) is 26.1. The van der Waals surface area contributed by atoms with Gasteiger partial charge >= 0.3 is 17.9 Å². The van der Waals surface area contributed by atoms with Crippen LogP contribution in [0.4, 0.5) is 0 Å². The van der Waals surface area contributed by atoms with E-state index < -0.39 is 0 Å². The molecule has 0 radical (unpaired) electrons. The van der Waals surface area contributed by atoms with E-state index in [-0.39, 0.29) is 50.3 Å². The summed E-state index contributed by atoms with van der Waals surface area (Å²) < 4.78 is 16.7. The van der Waals surface area contributed by atoms with E-state index in [1.165, 1.54) is 180 Å². The van der Waals surface area contributed by atoms with Crippen LogP contribution in [-0.4, -0.2) is 85.6 Å². The van der Waals surface area contributed by atoms with Crippen LogP contribution in [0.1, 0.15) is 258 Å². The van der Waals surface area contributed by atoms with Crippen LogP contribution in [0.25, 0.3) is 0 Å². The van der Waals surface area contributed by atoms with E-state index in [9.17, 15) is 19.5 Å². The van der Waals surface area contributed by atoms with Crippen molar-refractivity contribution in [2.75, 3.05) is 52.6 Å². The first kappa shape index (κ1) is 58.3. The third-order valence-electron chi connectivity index (χ3n) is 11.8. The first-order valence-corrected chi connectivity index (χ1v) is 26.1. The van der Waals surface area contributed by atoms with Crippen LogP contribution in [0.2, 0.25) is 0 Å². The van der Waals surface area contributed by atoms with Gasteiger partial charge in [-0.05, 0) is 19.3 Å². The number of carbonyl (C=O) groups excluding carboxylic acids is 3. The van der Waals surface area contributed by atoms with E-state index >= 15 is 0 Å². The van der Waals surface area contributed by atoms with Crippen molar-refractivity contribution in [1.82, 2.24) is 10.0 Å². The number of carbonyl (C=O) groups is 3. The fraction of sp³-hybridized carbons (Fsp3) is 0.941. The lowest BCUT2D eigenvalue weighted by Gasteiger charge is -2.34. The number of hydrazine groups is 1. The summed E-state index contributed by atoms with van der Waals surface area (Å²) >= 11 is 0. The molecule has 0 aliphatic rings. The van der Waals surface area contributed by atoms with Gasteiger partial charge < -0.3 is 19.3 Å². The zero-order valence-electron chi connectivity index (χ0n) is 40.1. The van der Waals surface area contributed by atoms with E-state index in [1.807, 2.05) is 10.0 Å². The summed E-state index contributed by atoms with van der Waals surface area (Å²) in [7, 11) is 0. The first-order chi connectivity index (χ1) is 29.5. The summed E-state index contributed by atoms with van der Waals surface area (Å²) in [6.07, 6.45) is 42.9. The molecule has 0 saturated heterocycles. The lowest BCUT2D eigenvalue weighted by atomic mass is 10.1. The largest absolute Gasteiger partial charge is 0.466 e. The van der Waals surface area contributed by atoms with Crippen molar-refractivity contribution >= 4 is 17.9 Å². The van der Waals surface area contributed by atoms with Crippen LogP contribution >= 0.6 is 0 Å². The summed E-state index contributed by atoms with van der Waals surface area (Å²) in [6.45, 7) is 9.20. The summed E-state index contributed by atoms with van der Waals surface area (Å²) in [6, 6.07) is 0. The van der Waals surface area contributed by atoms with Crippen molar-refractivity contribution in [1.29, 1.82) is 0 Å². The normalized spacial score (nSPS) is 11.5. The molecule has 9 nitrogen and oxygen atoms in total. The molecular weight excluding hydrogens is 753 g/mol. The van der Waals surface area contributed by atoms with Crippen molar-refractivity contribution in [3.8, 4) is 0 Å². The molecule has 0 fully saturated rings. The van der Waals surface area contributed by atoms with Crippen LogP contribution in [-0.2, 0) is 28.6 Å². The number of ether oxygens (including phenoxy) is 3. The van der Waals surface area contributed by atoms with Crippen molar-refractivity contribution in [3.05, 3.63) is 0 Å². The lowest BCUT2D eigenvalue weighted by Crippen LogP contribution is -2.47. The molecule has 0 saturated carbocycles. The van der Waals surface area contributed by atoms with Gasteiger partial charge in [0.05, 0.1) is 45.7 Å². The molecule has 0 aliphatic heterocycles. The highest BCUT2D eigenvalue weighted by Crippen LogP contribution is 2.15. The van der Waals surface area contributed by atoms with E-state index in [0.29, 0.717) is 39.5 Å². The second kappa shape index (κ2) is 48.3. The third kappa shape index (κ3) is 43.0. The molecule has 0 heterocycles. The molecule has 0 aromatic rings. The Labute approximate surface area is 371 Å². The number of rotatable bonds is 49. The van der Waals surface area contributed by atoms with Crippen LogP contribution in [0.15, 0.2) is 0 Å². The average Bonchev–Trinajstić information content (AvgIpc) is 3.24. The molecule has 60 heavy (non-hydrogen) atoms. The fourth-order valence-electron chi connectivity index (χ4n) is 7.82. The van der Waals surface area contributed by atoms with Crippen LogP contribution in [0.5, 0.6) is 0 Å². The Kier molecular flexibility index (Phi) is 46.9. The molecule has 0 aliphatic carbocycles. The number of hydrogen-bond donors (Lipinski definition) is 1. The molecule has 0 bridgehead atoms. The molecule has 0 aromatic carbocycles. The number of esters is 3. The predicted octanol–water partition coefficient (Wildman–Crippen LogP) is 13.6. The van der Waals surface area contributed by atoms with Crippen molar-refractivity contribution < 1.29 is 33.7 Å². The summed E-state index contributed by atoms with van der Waals surface area (Å²) in [4.78, 5) is 38.3. The van der Waals surface area contributed by atoms with Gasteiger partial charge in [0.2, 0.25) is 0 Å². The van der Waals surface area contributed by atoms with Gasteiger partial charge in [0.25, 0.3) is 0 Å². The number of aliphatic hydroxyl groups excluding tert-OH is 1. The maximum atomic E-state index is 12.8. The molecular formula is C51H100N2O7. The summed E-state index contributed by atoms with van der Waals surface area (Å²) in [5, 5.41) is 13.7. The van der Waals surface area contributed by atoms with Gasteiger partial charge in [-0.25, -0.2) is 10.0 Å². The quantitative estimate of drug-likeness (QED) is 0.0277. The highest BCUT2D eigenvalue weighted by molar-refractivity contribution is 5.70. The van der Waals surface area contributed by atoms with Crippen molar-refractivity contribution in [2.45, 2.75) is 258 Å². The Morgan fingerprint density at radius 2 is 0.517 bits per heavy atom. The van der Waals surface area contributed by atoms with Gasteiger partial charge in [0, 0.05) is 26.2 Å². The lowest BCUT2D eigenvalue weighted by molar-refractivity contribution is -0.150. The van der Waals surface area contributed by atoms with Gasteiger partial charge in [0.1, 0.15) is 0 Å². The SMILES string of the molecule is CCCCCCCCCCCCCCOC(=O)CCN(CCO)N(CCC(=O)OCCCCCCCCCCCC)CCC(=O)OCCCCCCCCCCCCCC. The van der Waals surface area contributed by atoms with Gasteiger partial charge in [0.15, 0.2) is 0 Å². The van der Waals surface area contributed by atoms with Crippen LogP contribution in [0, 0.1) is 0 Å². The van der Waals surface area contributed by atoms with E-state index in [4.69, 9.17) is 14.2 Å². The minimum Gasteiger partial charge on any atom is -0.466 e. The van der Waals surface area contributed by atoms with E-state index in [0.717, 1.165) is 38.5 Å². The van der Waals surface area contributed by atoms with Gasteiger partial charge in [-0.2, -0.15) is 0 Å². The molecule has 356 valence electrons. The van der Waals surface area contributed by atoms with Crippen molar-refractivity contribution in [2.24, 2.45) is 0 Å². The predicted molar refractivity (Wildman–Crippen MR) is 251 cm³/mol. The monoisotopic (exact) mass is 853 g/mol. The van der Waals surface area contributed by atoms with E-state index in [2.05, 4.69) is 20.8 Å². The number of unbranched alkanes of at least 4 members (excludes halogenated alkanes) is 31. The molecule has 9 heteroatoms. The molecule has 0 rings (SSSR count). The smallest absolute Gasteiger partial charge is 0.307 e. The van der Waals surface area contributed by atoms with Crippen LogP contribution < -0.4 is 0 Å². The topological polar surface area (TPSA) is 106 Å². The number of aliphatic hydroxyl groups is 1.